The number of aliphatic carboxylic acids is 1. The van der Waals surface area contributed by atoms with Gasteiger partial charge in [0.05, 0.1) is 5.92 Å². The molecule has 94 valence electrons. The molecule has 0 rings (SSSR count). The molecule has 0 aromatic heterocycles. The Morgan fingerprint density at radius 2 is 2.06 bits per heavy atom. The van der Waals surface area contributed by atoms with Gasteiger partial charge in [0.25, 0.3) is 0 Å². The zero-order valence-corrected chi connectivity index (χ0v) is 10.8. The summed E-state index contributed by atoms with van der Waals surface area (Å²) in [5.74, 6) is -0.551. The third kappa shape index (κ3) is 6.55. The van der Waals surface area contributed by atoms with Gasteiger partial charge >= 0.3 is 12.0 Å². The number of carbonyl (C=O) groups excluding carboxylic acids is 1. The summed E-state index contributed by atoms with van der Waals surface area (Å²) in [6.45, 7) is 3.86. The zero-order chi connectivity index (χ0) is 12.6. The molecule has 0 aromatic rings. The Hall–Kier alpha value is -0.910. The van der Waals surface area contributed by atoms with Crippen molar-refractivity contribution in [2.24, 2.45) is 5.92 Å². The molecule has 2 amide bonds. The lowest BCUT2D eigenvalue weighted by molar-refractivity contribution is -0.141. The third-order valence-corrected chi connectivity index (χ3v) is 2.98. The minimum atomic E-state index is -0.875. The predicted molar refractivity (Wildman–Crippen MR) is 65.8 cm³/mol. The number of hydrogen-bond donors (Lipinski definition) is 3. The Balaban J connectivity index is 3.83. The highest BCUT2D eigenvalue weighted by Gasteiger charge is 2.16. The van der Waals surface area contributed by atoms with Crippen LogP contribution in [0, 0.1) is 5.92 Å². The zero-order valence-electron chi connectivity index (χ0n) is 9.95. The normalized spacial score (nSPS) is 13.9. The summed E-state index contributed by atoms with van der Waals surface area (Å²) in [5.41, 5.74) is 0. The van der Waals surface area contributed by atoms with Crippen molar-refractivity contribution in [3.63, 3.8) is 0 Å². The first kappa shape index (κ1) is 15.1. The largest absolute Gasteiger partial charge is 0.481 e. The highest BCUT2D eigenvalue weighted by molar-refractivity contribution is 7.98. The predicted octanol–water partition coefficient (Wildman–Crippen LogP) is 1.15. The van der Waals surface area contributed by atoms with Gasteiger partial charge in [0, 0.05) is 18.3 Å². The molecule has 0 aromatic carbocycles. The lowest BCUT2D eigenvalue weighted by Gasteiger charge is -2.15. The first-order valence-electron chi connectivity index (χ1n) is 5.27. The van der Waals surface area contributed by atoms with E-state index >= 15 is 0 Å². The van der Waals surface area contributed by atoms with Gasteiger partial charge in [-0.25, -0.2) is 4.79 Å². The number of hydrogen-bond acceptors (Lipinski definition) is 3. The molecule has 6 heteroatoms. The summed E-state index contributed by atoms with van der Waals surface area (Å²) >= 11 is 1.65. The molecular weight excluding hydrogens is 228 g/mol. The number of rotatable bonds is 7. The van der Waals surface area contributed by atoms with Crippen molar-refractivity contribution in [3.8, 4) is 0 Å². The minimum Gasteiger partial charge on any atom is -0.481 e. The van der Waals surface area contributed by atoms with Crippen LogP contribution in [0.4, 0.5) is 4.79 Å². The van der Waals surface area contributed by atoms with Gasteiger partial charge in [0.15, 0.2) is 0 Å². The number of amides is 2. The fourth-order valence-electron chi connectivity index (χ4n) is 1.19. The molecule has 16 heavy (non-hydrogen) atoms. The number of carboxylic acid groups (broad SMARTS) is 1. The van der Waals surface area contributed by atoms with E-state index in [1.165, 1.54) is 0 Å². The molecule has 3 N–H and O–H groups in total. The topological polar surface area (TPSA) is 78.4 Å². The van der Waals surface area contributed by atoms with E-state index in [1.54, 1.807) is 18.7 Å². The van der Waals surface area contributed by atoms with E-state index in [4.69, 9.17) is 5.11 Å². The van der Waals surface area contributed by atoms with Crippen molar-refractivity contribution >= 4 is 23.8 Å². The Morgan fingerprint density at radius 1 is 1.44 bits per heavy atom. The summed E-state index contributed by atoms with van der Waals surface area (Å²) in [5, 5.41) is 14.1. The molecule has 0 saturated carbocycles. The standard InChI is InChI=1S/C10H20N2O3S/c1-4-8(9(13)14)5-11-10(15)12-7(2)6-16-3/h7-8H,4-6H2,1-3H3,(H,13,14)(H2,11,12,15). The van der Waals surface area contributed by atoms with E-state index in [0.717, 1.165) is 5.75 Å². The molecule has 2 unspecified atom stereocenters. The molecule has 0 radical (unpaired) electrons. The molecule has 0 bridgehead atoms. The fourth-order valence-corrected chi connectivity index (χ4v) is 1.77. The summed E-state index contributed by atoms with van der Waals surface area (Å²) < 4.78 is 0. The van der Waals surface area contributed by atoms with E-state index < -0.39 is 11.9 Å². The van der Waals surface area contributed by atoms with Crippen molar-refractivity contribution in [1.29, 1.82) is 0 Å². The fraction of sp³-hybridized carbons (Fsp3) is 0.800. The summed E-state index contributed by atoms with van der Waals surface area (Å²) in [4.78, 5) is 22.0. The van der Waals surface area contributed by atoms with Crippen molar-refractivity contribution in [3.05, 3.63) is 0 Å². The molecule has 5 nitrogen and oxygen atoms in total. The summed E-state index contributed by atoms with van der Waals surface area (Å²) in [6, 6.07) is -0.221. The molecule has 2 atom stereocenters. The Kier molecular flexibility index (Phi) is 7.80. The van der Waals surface area contributed by atoms with E-state index in [-0.39, 0.29) is 18.6 Å². The van der Waals surface area contributed by atoms with Crippen LogP contribution in [0.3, 0.4) is 0 Å². The number of carbonyl (C=O) groups is 2. The van der Waals surface area contributed by atoms with E-state index in [0.29, 0.717) is 6.42 Å². The SMILES string of the molecule is CCC(CNC(=O)NC(C)CSC)C(=O)O. The molecule has 0 aliphatic rings. The second kappa shape index (κ2) is 8.27. The Labute approximate surface area is 100 Å². The number of urea groups is 1. The van der Waals surface area contributed by atoms with Gasteiger partial charge in [-0.3, -0.25) is 4.79 Å². The number of carboxylic acids is 1. The Bertz CT molecular complexity index is 236. The average Bonchev–Trinajstić information content (AvgIpc) is 2.18. The van der Waals surface area contributed by atoms with Gasteiger partial charge in [-0.05, 0) is 19.6 Å². The third-order valence-electron chi connectivity index (χ3n) is 2.15. The van der Waals surface area contributed by atoms with E-state index in [9.17, 15) is 9.59 Å². The van der Waals surface area contributed by atoms with Crippen LogP contribution in [-0.2, 0) is 4.79 Å². The highest BCUT2D eigenvalue weighted by atomic mass is 32.2. The lowest BCUT2D eigenvalue weighted by Crippen LogP contribution is -2.44. The monoisotopic (exact) mass is 248 g/mol. The number of thioether (sulfide) groups is 1. The first-order chi connectivity index (χ1) is 7.51. The minimum absolute atomic E-state index is 0.0832. The van der Waals surface area contributed by atoms with Gasteiger partial charge in [-0.1, -0.05) is 6.92 Å². The van der Waals surface area contributed by atoms with Crippen LogP contribution in [0.25, 0.3) is 0 Å². The van der Waals surface area contributed by atoms with E-state index in [1.807, 2.05) is 13.2 Å². The maximum Gasteiger partial charge on any atom is 0.315 e. The van der Waals surface area contributed by atoms with Gasteiger partial charge < -0.3 is 15.7 Å². The van der Waals surface area contributed by atoms with Crippen molar-refractivity contribution in [1.82, 2.24) is 10.6 Å². The van der Waals surface area contributed by atoms with Crippen LogP contribution in [0.1, 0.15) is 20.3 Å². The quantitative estimate of drug-likeness (QED) is 0.631. The van der Waals surface area contributed by atoms with Crippen molar-refractivity contribution < 1.29 is 14.7 Å². The average molecular weight is 248 g/mol. The molecule has 0 fully saturated rings. The highest BCUT2D eigenvalue weighted by Crippen LogP contribution is 2.00. The van der Waals surface area contributed by atoms with Crippen LogP contribution < -0.4 is 10.6 Å². The molecule has 0 aliphatic carbocycles. The number of nitrogens with one attached hydrogen (secondary N) is 2. The molecule has 0 saturated heterocycles. The second-order valence-electron chi connectivity index (χ2n) is 3.65. The lowest BCUT2D eigenvalue weighted by atomic mass is 10.1. The van der Waals surface area contributed by atoms with Gasteiger partial charge in [-0.2, -0.15) is 11.8 Å². The van der Waals surface area contributed by atoms with Crippen LogP contribution in [0.5, 0.6) is 0 Å². The Morgan fingerprint density at radius 3 is 2.50 bits per heavy atom. The smallest absolute Gasteiger partial charge is 0.315 e. The van der Waals surface area contributed by atoms with Crippen molar-refractivity contribution in [2.75, 3.05) is 18.6 Å². The van der Waals surface area contributed by atoms with Crippen LogP contribution >= 0.6 is 11.8 Å². The van der Waals surface area contributed by atoms with Crippen molar-refractivity contribution in [2.45, 2.75) is 26.3 Å². The van der Waals surface area contributed by atoms with E-state index in [2.05, 4.69) is 10.6 Å². The second-order valence-corrected chi connectivity index (χ2v) is 4.56. The maximum absolute atomic E-state index is 11.3. The molecule has 0 spiro atoms. The molecule has 0 heterocycles. The maximum atomic E-state index is 11.3. The summed E-state index contributed by atoms with van der Waals surface area (Å²) in [6.07, 6.45) is 2.48. The first-order valence-corrected chi connectivity index (χ1v) is 6.66. The molecule has 0 aliphatic heterocycles. The van der Waals surface area contributed by atoms with Crippen LogP contribution in [0.2, 0.25) is 0 Å². The van der Waals surface area contributed by atoms with Gasteiger partial charge in [0.2, 0.25) is 0 Å². The van der Waals surface area contributed by atoms with Gasteiger partial charge in [0.1, 0.15) is 0 Å². The van der Waals surface area contributed by atoms with Gasteiger partial charge in [-0.15, -0.1) is 0 Å². The summed E-state index contributed by atoms with van der Waals surface area (Å²) in [7, 11) is 0. The van der Waals surface area contributed by atoms with Crippen LogP contribution in [0.15, 0.2) is 0 Å². The van der Waals surface area contributed by atoms with Crippen LogP contribution in [-0.4, -0.2) is 41.7 Å². The molecular formula is C10H20N2O3S.